The molecule has 0 unspecified atom stereocenters. The topological polar surface area (TPSA) is 78.3 Å². The molecule has 0 amide bonds. The van der Waals surface area contributed by atoms with Crippen LogP contribution >= 0.6 is 0 Å². The molecule has 7 heteroatoms. The van der Waals surface area contributed by atoms with Crippen molar-refractivity contribution in [2.75, 3.05) is 19.5 Å². The summed E-state index contributed by atoms with van der Waals surface area (Å²) in [6, 6.07) is 7.14. The summed E-state index contributed by atoms with van der Waals surface area (Å²) in [5.41, 5.74) is 2.19. The Balaban J connectivity index is 2.20. The maximum atomic E-state index is 12.4. The first-order chi connectivity index (χ1) is 11.2. The number of esters is 1. The van der Waals surface area contributed by atoms with E-state index in [0.717, 1.165) is 11.3 Å². The number of fused-ring (bicyclic) bond motifs is 1. The number of ether oxygens (including phenoxy) is 2. The number of methoxy groups -OCH3 is 2. The number of nitrogens with zero attached hydrogens (tertiary/aromatic N) is 3. The van der Waals surface area contributed by atoms with E-state index in [1.807, 2.05) is 31.2 Å². The van der Waals surface area contributed by atoms with Gasteiger partial charge in [-0.1, -0.05) is 19.1 Å². The van der Waals surface area contributed by atoms with Gasteiger partial charge in [0.1, 0.15) is 18.1 Å². The van der Waals surface area contributed by atoms with E-state index in [0.29, 0.717) is 23.7 Å². The summed E-state index contributed by atoms with van der Waals surface area (Å²) in [6.07, 6.45) is 2.11. The SMILES string of the molecule is CCC1=C(C(=O)OC)[C@@H](c2cccc(OC)c2)n2ncnc2N1. The molecule has 2 heterocycles. The third-order valence-electron chi connectivity index (χ3n) is 3.85. The van der Waals surface area contributed by atoms with Crippen LogP contribution in [0.5, 0.6) is 5.75 Å². The number of carbonyl (C=O) groups is 1. The molecule has 23 heavy (non-hydrogen) atoms. The monoisotopic (exact) mass is 314 g/mol. The fourth-order valence-electron chi connectivity index (χ4n) is 2.76. The molecule has 1 aliphatic rings. The molecule has 120 valence electrons. The lowest BCUT2D eigenvalue weighted by Crippen LogP contribution is -2.30. The van der Waals surface area contributed by atoms with Crippen molar-refractivity contribution in [3.63, 3.8) is 0 Å². The number of nitrogens with one attached hydrogen (secondary N) is 1. The number of hydrogen-bond acceptors (Lipinski definition) is 6. The highest BCUT2D eigenvalue weighted by Gasteiger charge is 2.34. The Morgan fingerprint density at radius 2 is 2.22 bits per heavy atom. The van der Waals surface area contributed by atoms with E-state index in [9.17, 15) is 4.79 Å². The number of hydrogen-bond donors (Lipinski definition) is 1. The molecule has 0 fully saturated rings. The number of allylic oxidation sites excluding steroid dienone is 1. The molecule has 1 N–H and O–H groups in total. The van der Waals surface area contributed by atoms with Crippen LogP contribution in [0, 0.1) is 0 Å². The Morgan fingerprint density at radius 3 is 2.91 bits per heavy atom. The highest BCUT2D eigenvalue weighted by Crippen LogP contribution is 2.36. The summed E-state index contributed by atoms with van der Waals surface area (Å²) < 4.78 is 12.0. The van der Waals surface area contributed by atoms with Crippen LogP contribution in [-0.4, -0.2) is 35.0 Å². The second-order valence-corrected chi connectivity index (χ2v) is 5.07. The molecule has 2 aromatic rings. The minimum Gasteiger partial charge on any atom is -0.497 e. The Morgan fingerprint density at radius 1 is 1.39 bits per heavy atom. The van der Waals surface area contributed by atoms with Gasteiger partial charge >= 0.3 is 5.97 Å². The predicted octanol–water partition coefficient (Wildman–Crippen LogP) is 2.14. The van der Waals surface area contributed by atoms with Crippen LogP contribution in [0.15, 0.2) is 41.9 Å². The van der Waals surface area contributed by atoms with Gasteiger partial charge in [-0.25, -0.2) is 9.48 Å². The molecular formula is C16H18N4O3. The van der Waals surface area contributed by atoms with Crippen molar-refractivity contribution in [1.82, 2.24) is 14.8 Å². The minimum absolute atomic E-state index is 0.386. The van der Waals surface area contributed by atoms with Crippen molar-refractivity contribution in [2.24, 2.45) is 0 Å². The molecule has 0 saturated carbocycles. The first kappa shape index (κ1) is 15.1. The second-order valence-electron chi connectivity index (χ2n) is 5.07. The maximum Gasteiger partial charge on any atom is 0.338 e. The lowest BCUT2D eigenvalue weighted by molar-refractivity contribution is -0.136. The van der Waals surface area contributed by atoms with E-state index < -0.39 is 6.04 Å². The molecule has 0 spiro atoms. The molecule has 0 radical (unpaired) electrons. The van der Waals surface area contributed by atoms with Crippen LogP contribution < -0.4 is 10.1 Å². The van der Waals surface area contributed by atoms with E-state index in [-0.39, 0.29) is 5.97 Å². The summed E-state index contributed by atoms with van der Waals surface area (Å²) in [6.45, 7) is 1.97. The first-order valence-electron chi connectivity index (χ1n) is 7.31. The van der Waals surface area contributed by atoms with Crippen LogP contribution in [-0.2, 0) is 9.53 Å². The summed E-state index contributed by atoms with van der Waals surface area (Å²) >= 11 is 0. The fraction of sp³-hybridized carbons (Fsp3) is 0.312. The molecule has 3 rings (SSSR count). The third-order valence-corrected chi connectivity index (χ3v) is 3.85. The molecule has 1 aromatic heterocycles. The second kappa shape index (κ2) is 6.12. The average molecular weight is 314 g/mol. The predicted molar refractivity (Wildman–Crippen MR) is 84.1 cm³/mol. The fourth-order valence-corrected chi connectivity index (χ4v) is 2.76. The van der Waals surface area contributed by atoms with Gasteiger partial charge in [0, 0.05) is 5.70 Å². The van der Waals surface area contributed by atoms with Crippen molar-refractivity contribution in [2.45, 2.75) is 19.4 Å². The zero-order chi connectivity index (χ0) is 16.4. The molecule has 1 aliphatic heterocycles. The molecule has 1 atom stereocenters. The Kier molecular flexibility index (Phi) is 4.01. The van der Waals surface area contributed by atoms with Gasteiger partial charge in [0.05, 0.1) is 19.8 Å². The van der Waals surface area contributed by atoms with Crippen LogP contribution in [0.2, 0.25) is 0 Å². The van der Waals surface area contributed by atoms with Crippen LogP contribution in [0.4, 0.5) is 5.95 Å². The highest BCUT2D eigenvalue weighted by atomic mass is 16.5. The quantitative estimate of drug-likeness (QED) is 0.871. The Labute approximate surface area is 133 Å². The van der Waals surface area contributed by atoms with Gasteiger partial charge in [-0.2, -0.15) is 10.1 Å². The Hall–Kier alpha value is -2.83. The largest absolute Gasteiger partial charge is 0.497 e. The van der Waals surface area contributed by atoms with E-state index in [2.05, 4.69) is 15.4 Å². The van der Waals surface area contributed by atoms with Gasteiger partial charge in [0.25, 0.3) is 0 Å². The van der Waals surface area contributed by atoms with Crippen molar-refractivity contribution >= 4 is 11.9 Å². The number of aromatic nitrogens is 3. The molecule has 0 aliphatic carbocycles. The van der Waals surface area contributed by atoms with Gasteiger partial charge in [-0.15, -0.1) is 0 Å². The molecular weight excluding hydrogens is 296 g/mol. The summed E-state index contributed by atoms with van der Waals surface area (Å²) in [4.78, 5) is 16.6. The Bertz CT molecular complexity index is 766. The van der Waals surface area contributed by atoms with Crippen LogP contribution in [0.25, 0.3) is 0 Å². The summed E-state index contributed by atoms with van der Waals surface area (Å²) in [7, 11) is 2.99. The van der Waals surface area contributed by atoms with Crippen LogP contribution in [0.3, 0.4) is 0 Å². The summed E-state index contributed by atoms with van der Waals surface area (Å²) in [5, 5.41) is 7.42. The molecule has 0 bridgehead atoms. The van der Waals surface area contributed by atoms with Gasteiger partial charge in [-0.05, 0) is 24.1 Å². The average Bonchev–Trinajstić information content (AvgIpc) is 3.07. The lowest BCUT2D eigenvalue weighted by atomic mass is 9.94. The standard InChI is InChI=1S/C16H18N4O3/c1-4-12-13(15(21)23-3)14(20-16(19-12)17-9-18-20)10-6-5-7-11(8-10)22-2/h5-9,14H,4H2,1-3H3,(H,17,18,19)/t14-/m1/s1. The van der Waals surface area contributed by atoms with Gasteiger partial charge < -0.3 is 14.8 Å². The number of rotatable bonds is 4. The number of benzene rings is 1. The van der Waals surface area contributed by atoms with Crippen molar-refractivity contribution < 1.29 is 14.3 Å². The normalized spacial score (nSPS) is 16.6. The van der Waals surface area contributed by atoms with Gasteiger partial charge in [-0.3, -0.25) is 0 Å². The van der Waals surface area contributed by atoms with Gasteiger partial charge in [0.2, 0.25) is 5.95 Å². The number of anilines is 1. The highest BCUT2D eigenvalue weighted by molar-refractivity contribution is 5.92. The van der Waals surface area contributed by atoms with Crippen molar-refractivity contribution in [3.05, 3.63) is 47.4 Å². The van der Waals surface area contributed by atoms with Crippen LogP contribution in [0.1, 0.15) is 24.9 Å². The van der Waals surface area contributed by atoms with E-state index in [1.54, 1.807) is 11.8 Å². The van der Waals surface area contributed by atoms with E-state index in [4.69, 9.17) is 9.47 Å². The summed E-state index contributed by atoms with van der Waals surface area (Å²) in [5.74, 6) is 0.926. The zero-order valence-corrected chi connectivity index (χ0v) is 13.2. The van der Waals surface area contributed by atoms with Crippen molar-refractivity contribution in [3.8, 4) is 5.75 Å². The zero-order valence-electron chi connectivity index (χ0n) is 13.2. The lowest BCUT2D eigenvalue weighted by Gasteiger charge is -2.29. The molecule has 1 aromatic carbocycles. The molecule has 7 nitrogen and oxygen atoms in total. The van der Waals surface area contributed by atoms with Gasteiger partial charge in [0.15, 0.2) is 0 Å². The molecule has 0 saturated heterocycles. The minimum atomic E-state index is -0.411. The van der Waals surface area contributed by atoms with E-state index in [1.165, 1.54) is 13.4 Å². The maximum absolute atomic E-state index is 12.4. The smallest absolute Gasteiger partial charge is 0.338 e. The van der Waals surface area contributed by atoms with Crippen molar-refractivity contribution in [1.29, 1.82) is 0 Å². The first-order valence-corrected chi connectivity index (χ1v) is 7.31. The third kappa shape index (κ3) is 2.54. The number of carbonyl (C=O) groups excluding carboxylic acids is 1. The van der Waals surface area contributed by atoms with E-state index >= 15 is 0 Å².